The van der Waals surface area contributed by atoms with Crippen LogP contribution in [-0.2, 0) is 6.18 Å². The first-order valence-corrected chi connectivity index (χ1v) is 6.32. The van der Waals surface area contributed by atoms with Crippen LogP contribution in [0.2, 0.25) is 0 Å². The monoisotopic (exact) mass is 326 g/mol. The maximum atomic E-state index is 11.8. The van der Waals surface area contributed by atoms with Crippen molar-refractivity contribution in [3.8, 4) is 0 Å². The molecule has 0 aliphatic rings. The zero-order valence-corrected chi connectivity index (χ0v) is 12.0. The van der Waals surface area contributed by atoms with Crippen LogP contribution >= 0.6 is 0 Å². The molecule has 0 bridgehead atoms. The molecule has 7 heteroatoms. The SMILES string of the molecule is Cc1ccc(C(=O)O)cc1C(=O)O.FC(F)(F)c1ccccc1. The first-order valence-electron chi connectivity index (χ1n) is 6.32. The Labute approximate surface area is 129 Å². The van der Waals surface area contributed by atoms with Gasteiger partial charge in [-0.25, -0.2) is 9.59 Å². The predicted molar refractivity (Wildman–Crippen MR) is 76.5 cm³/mol. The summed E-state index contributed by atoms with van der Waals surface area (Å²) in [6, 6.07) is 10.4. The van der Waals surface area contributed by atoms with Crippen molar-refractivity contribution in [1.29, 1.82) is 0 Å². The van der Waals surface area contributed by atoms with Gasteiger partial charge in [0, 0.05) is 0 Å². The van der Waals surface area contributed by atoms with Crippen molar-refractivity contribution < 1.29 is 33.0 Å². The van der Waals surface area contributed by atoms with Crippen LogP contribution < -0.4 is 0 Å². The molecule has 122 valence electrons. The Balaban J connectivity index is 0.000000238. The molecule has 0 heterocycles. The van der Waals surface area contributed by atoms with Crippen LogP contribution in [0.15, 0.2) is 48.5 Å². The van der Waals surface area contributed by atoms with E-state index < -0.39 is 23.7 Å². The van der Waals surface area contributed by atoms with E-state index >= 15 is 0 Å². The Bertz CT molecular complexity index is 694. The molecule has 2 N–H and O–H groups in total. The third kappa shape index (κ3) is 5.46. The van der Waals surface area contributed by atoms with Gasteiger partial charge in [0.1, 0.15) is 0 Å². The molecule has 23 heavy (non-hydrogen) atoms. The third-order valence-electron chi connectivity index (χ3n) is 2.82. The molecular formula is C16H13F3O4. The molecule has 0 amide bonds. The van der Waals surface area contributed by atoms with Gasteiger partial charge in [-0.3, -0.25) is 0 Å². The molecule has 2 aromatic rings. The molecule has 0 unspecified atom stereocenters. The van der Waals surface area contributed by atoms with E-state index in [2.05, 4.69) is 0 Å². The predicted octanol–water partition coefficient (Wildman–Crippen LogP) is 4.10. The van der Waals surface area contributed by atoms with E-state index in [9.17, 15) is 22.8 Å². The van der Waals surface area contributed by atoms with Gasteiger partial charge in [-0.05, 0) is 24.6 Å². The number of hydrogen-bond donors (Lipinski definition) is 2. The second kappa shape index (κ2) is 7.44. The molecule has 0 saturated heterocycles. The minimum atomic E-state index is -4.21. The maximum Gasteiger partial charge on any atom is 0.416 e. The Morgan fingerprint density at radius 1 is 0.913 bits per heavy atom. The smallest absolute Gasteiger partial charge is 0.416 e. The number of benzene rings is 2. The molecule has 0 aromatic heterocycles. The van der Waals surface area contributed by atoms with E-state index in [1.54, 1.807) is 13.0 Å². The third-order valence-corrected chi connectivity index (χ3v) is 2.82. The fourth-order valence-corrected chi connectivity index (χ4v) is 1.61. The first kappa shape index (κ1) is 18.2. The molecule has 0 aliphatic carbocycles. The van der Waals surface area contributed by atoms with E-state index in [1.165, 1.54) is 24.3 Å². The Morgan fingerprint density at radius 3 is 1.87 bits per heavy atom. The summed E-state index contributed by atoms with van der Waals surface area (Å²) in [6.45, 7) is 1.62. The minimum absolute atomic E-state index is 0.0111. The number of alkyl halides is 3. The van der Waals surface area contributed by atoms with E-state index in [0.29, 0.717) is 5.56 Å². The number of aryl methyl sites for hydroxylation is 1. The van der Waals surface area contributed by atoms with Gasteiger partial charge in [-0.1, -0.05) is 36.4 Å². The van der Waals surface area contributed by atoms with Crippen LogP contribution in [0.4, 0.5) is 13.2 Å². The van der Waals surface area contributed by atoms with E-state index in [1.807, 2.05) is 0 Å². The van der Waals surface area contributed by atoms with Crippen molar-refractivity contribution in [2.45, 2.75) is 13.1 Å². The number of rotatable bonds is 2. The number of carboxylic acid groups (broad SMARTS) is 2. The van der Waals surface area contributed by atoms with Gasteiger partial charge in [0.15, 0.2) is 0 Å². The average Bonchev–Trinajstić information content (AvgIpc) is 2.48. The zero-order valence-electron chi connectivity index (χ0n) is 12.0. The van der Waals surface area contributed by atoms with Crippen molar-refractivity contribution in [3.05, 3.63) is 70.8 Å². The summed E-state index contributed by atoms with van der Waals surface area (Å²) in [5.74, 6) is -2.23. The van der Waals surface area contributed by atoms with Crippen molar-refractivity contribution in [2.75, 3.05) is 0 Å². The molecule has 0 radical (unpaired) electrons. The lowest BCUT2D eigenvalue weighted by molar-refractivity contribution is -0.137. The number of aromatic carboxylic acids is 2. The minimum Gasteiger partial charge on any atom is -0.478 e. The molecule has 2 rings (SSSR count). The number of carboxylic acids is 2. The highest BCUT2D eigenvalue weighted by atomic mass is 19.4. The van der Waals surface area contributed by atoms with Crippen LogP contribution in [0.25, 0.3) is 0 Å². The van der Waals surface area contributed by atoms with Crippen LogP contribution in [0.3, 0.4) is 0 Å². The standard InChI is InChI=1S/C9H8O4.C7H5F3/c1-5-2-3-6(8(10)11)4-7(5)9(12)13;8-7(9,10)6-4-2-1-3-5-6/h2-4H,1H3,(H,10,11)(H,12,13);1-5H. The highest BCUT2D eigenvalue weighted by molar-refractivity contribution is 5.94. The molecule has 0 saturated carbocycles. The largest absolute Gasteiger partial charge is 0.478 e. The lowest BCUT2D eigenvalue weighted by Crippen LogP contribution is -2.03. The van der Waals surface area contributed by atoms with Crippen molar-refractivity contribution in [2.24, 2.45) is 0 Å². The van der Waals surface area contributed by atoms with Gasteiger partial charge in [-0.2, -0.15) is 13.2 Å². The summed E-state index contributed by atoms with van der Waals surface area (Å²) in [4.78, 5) is 21.1. The van der Waals surface area contributed by atoms with Gasteiger partial charge >= 0.3 is 18.1 Å². The lowest BCUT2D eigenvalue weighted by Gasteiger charge is -2.03. The highest BCUT2D eigenvalue weighted by Gasteiger charge is 2.29. The van der Waals surface area contributed by atoms with Gasteiger partial charge in [-0.15, -0.1) is 0 Å². The fourth-order valence-electron chi connectivity index (χ4n) is 1.61. The molecule has 0 atom stereocenters. The van der Waals surface area contributed by atoms with Crippen molar-refractivity contribution in [1.82, 2.24) is 0 Å². The summed E-state index contributed by atoms with van der Waals surface area (Å²) >= 11 is 0. The molecule has 2 aromatic carbocycles. The Kier molecular flexibility index (Phi) is 5.89. The van der Waals surface area contributed by atoms with E-state index in [0.717, 1.165) is 18.2 Å². The van der Waals surface area contributed by atoms with Crippen molar-refractivity contribution in [3.63, 3.8) is 0 Å². The highest BCUT2D eigenvalue weighted by Crippen LogP contribution is 2.28. The molecule has 4 nitrogen and oxygen atoms in total. The topological polar surface area (TPSA) is 74.6 Å². The number of carbonyl (C=O) groups is 2. The van der Waals surface area contributed by atoms with Gasteiger partial charge in [0.05, 0.1) is 16.7 Å². The van der Waals surface area contributed by atoms with Gasteiger partial charge in [0.2, 0.25) is 0 Å². The molecule has 0 aliphatic heterocycles. The van der Waals surface area contributed by atoms with Gasteiger partial charge < -0.3 is 10.2 Å². The summed E-state index contributed by atoms with van der Waals surface area (Å²) < 4.78 is 35.4. The second-order valence-corrected chi connectivity index (χ2v) is 4.50. The van der Waals surface area contributed by atoms with Crippen LogP contribution in [-0.4, -0.2) is 22.2 Å². The summed E-state index contributed by atoms with van der Waals surface area (Å²) in [6.07, 6.45) is -4.21. The van der Waals surface area contributed by atoms with Gasteiger partial charge in [0.25, 0.3) is 0 Å². The average molecular weight is 326 g/mol. The maximum absolute atomic E-state index is 11.8. The van der Waals surface area contributed by atoms with Crippen LogP contribution in [0, 0.1) is 6.92 Å². The first-order chi connectivity index (χ1) is 10.6. The molecular weight excluding hydrogens is 313 g/mol. The van der Waals surface area contributed by atoms with E-state index in [-0.39, 0.29) is 11.1 Å². The summed E-state index contributed by atoms with van der Waals surface area (Å²) in [5.41, 5.74) is -0.0320. The van der Waals surface area contributed by atoms with E-state index in [4.69, 9.17) is 10.2 Å². The van der Waals surface area contributed by atoms with Crippen LogP contribution in [0.1, 0.15) is 31.8 Å². The van der Waals surface area contributed by atoms with Crippen molar-refractivity contribution >= 4 is 11.9 Å². The lowest BCUT2D eigenvalue weighted by atomic mass is 10.1. The fraction of sp³-hybridized carbons (Fsp3) is 0.125. The number of halogens is 3. The number of hydrogen-bond acceptors (Lipinski definition) is 2. The van der Waals surface area contributed by atoms with Crippen LogP contribution in [0.5, 0.6) is 0 Å². The Morgan fingerprint density at radius 2 is 1.48 bits per heavy atom. The Hall–Kier alpha value is -2.83. The molecule has 0 spiro atoms. The zero-order chi connectivity index (χ0) is 17.6. The normalized spacial score (nSPS) is 10.4. The summed E-state index contributed by atoms with van der Waals surface area (Å²) in [5, 5.41) is 17.3. The molecule has 0 fully saturated rings. The summed E-state index contributed by atoms with van der Waals surface area (Å²) in [7, 11) is 0. The second-order valence-electron chi connectivity index (χ2n) is 4.50. The quantitative estimate of drug-likeness (QED) is 0.871.